The Morgan fingerprint density at radius 1 is 1.19 bits per heavy atom. The van der Waals surface area contributed by atoms with Gasteiger partial charge in [0.15, 0.2) is 0 Å². The highest BCUT2D eigenvalue weighted by Gasteiger charge is 2.24. The molecule has 1 aromatic carbocycles. The zero-order valence-electron chi connectivity index (χ0n) is 16.7. The number of amides is 1. The van der Waals surface area contributed by atoms with Crippen LogP contribution in [0.1, 0.15) is 82.0 Å². The van der Waals surface area contributed by atoms with Crippen LogP contribution in [-0.4, -0.2) is 24.0 Å². The minimum atomic E-state index is 0.125. The highest BCUT2D eigenvalue weighted by molar-refractivity contribution is 5.77. The Balaban J connectivity index is 1.60. The maximum Gasteiger partial charge on any atom is 0.222 e. The van der Waals surface area contributed by atoms with Gasteiger partial charge in [-0.15, -0.1) is 0 Å². The first-order valence-corrected chi connectivity index (χ1v) is 10.3. The number of benzene rings is 1. The van der Waals surface area contributed by atoms with E-state index in [0.717, 1.165) is 38.8 Å². The lowest BCUT2D eigenvalue weighted by Gasteiger charge is -2.29. The van der Waals surface area contributed by atoms with Crippen molar-refractivity contribution in [1.82, 2.24) is 16.0 Å². The molecule has 3 rings (SSSR count). The lowest BCUT2D eigenvalue weighted by atomic mass is 9.86. The normalized spacial score (nSPS) is 23.3. The molecule has 4 heteroatoms. The number of rotatable bonds is 5. The lowest BCUT2D eigenvalue weighted by Crippen LogP contribution is -2.40. The smallest absolute Gasteiger partial charge is 0.222 e. The van der Waals surface area contributed by atoms with E-state index in [0.29, 0.717) is 12.5 Å². The van der Waals surface area contributed by atoms with Gasteiger partial charge in [0.1, 0.15) is 0 Å². The summed E-state index contributed by atoms with van der Waals surface area (Å²) in [6.07, 6.45) is 7.53. The van der Waals surface area contributed by atoms with Crippen molar-refractivity contribution in [1.29, 1.82) is 0 Å². The zero-order chi connectivity index (χ0) is 18.6. The molecule has 1 aliphatic heterocycles. The molecule has 0 radical (unpaired) electrons. The summed E-state index contributed by atoms with van der Waals surface area (Å²) in [7, 11) is 0. The van der Waals surface area contributed by atoms with Gasteiger partial charge in [-0.1, -0.05) is 24.6 Å². The Hall–Kier alpha value is -1.39. The maximum atomic E-state index is 12.5. The molecule has 144 valence electrons. The second kappa shape index (κ2) is 8.53. The number of nitrogens with one attached hydrogen (secondary N) is 3. The Morgan fingerprint density at radius 2 is 2.04 bits per heavy atom. The number of carbonyl (C=O) groups excluding carboxylic acids is 1. The summed E-state index contributed by atoms with van der Waals surface area (Å²) < 4.78 is 0. The van der Waals surface area contributed by atoms with Gasteiger partial charge in [0.05, 0.1) is 6.04 Å². The summed E-state index contributed by atoms with van der Waals surface area (Å²) in [5.41, 5.74) is 4.18. The third-order valence-corrected chi connectivity index (χ3v) is 5.52. The predicted molar refractivity (Wildman–Crippen MR) is 107 cm³/mol. The first-order valence-electron chi connectivity index (χ1n) is 10.3. The summed E-state index contributed by atoms with van der Waals surface area (Å²) in [5.74, 6) is 0.195. The van der Waals surface area contributed by atoms with Gasteiger partial charge in [-0.2, -0.15) is 0 Å². The molecule has 0 bridgehead atoms. The van der Waals surface area contributed by atoms with E-state index in [1.807, 2.05) is 0 Å². The fraction of sp³-hybridized carbons (Fsp3) is 0.682. The van der Waals surface area contributed by atoms with Crippen LogP contribution in [0.25, 0.3) is 0 Å². The van der Waals surface area contributed by atoms with E-state index in [-0.39, 0.29) is 17.5 Å². The van der Waals surface area contributed by atoms with Crippen molar-refractivity contribution in [2.45, 2.75) is 89.9 Å². The minimum absolute atomic E-state index is 0.125. The Kier molecular flexibility index (Phi) is 6.36. The van der Waals surface area contributed by atoms with E-state index >= 15 is 0 Å². The molecule has 1 heterocycles. The van der Waals surface area contributed by atoms with E-state index in [9.17, 15) is 4.79 Å². The van der Waals surface area contributed by atoms with Crippen LogP contribution in [0.5, 0.6) is 0 Å². The van der Waals surface area contributed by atoms with Gasteiger partial charge < -0.3 is 16.0 Å². The molecular formula is C22H35N3O. The van der Waals surface area contributed by atoms with Crippen LogP contribution in [0.2, 0.25) is 0 Å². The number of aryl methyl sites for hydroxylation is 1. The van der Waals surface area contributed by atoms with Crippen molar-refractivity contribution in [2.24, 2.45) is 0 Å². The Bertz CT molecular complexity index is 614. The van der Waals surface area contributed by atoms with Gasteiger partial charge in [0.25, 0.3) is 0 Å². The second-order valence-electron chi connectivity index (χ2n) is 9.00. The molecule has 0 unspecified atom stereocenters. The van der Waals surface area contributed by atoms with Crippen molar-refractivity contribution in [3.05, 3.63) is 34.9 Å². The summed E-state index contributed by atoms with van der Waals surface area (Å²) in [6.45, 7) is 8.52. The Labute approximate surface area is 158 Å². The maximum absolute atomic E-state index is 12.5. The average Bonchev–Trinajstić information content (AvgIpc) is 2.60. The van der Waals surface area contributed by atoms with Crippen LogP contribution in [0.3, 0.4) is 0 Å². The first-order chi connectivity index (χ1) is 12.4. The van der Waals surface area contributed by atoms with Gasteiger partial charge in [0.2, 0.25) is 5.91 Å². The zero-order valence-corrected chi connectivity index (χ0v) is 16.7. The van der Waals surface area contributed by atoms with Crippen LogP contribution in [-0.2, 0) is 17.8 Å². The van der Waals surface area contributed by atoms with Crippen LogP contribution < -0.4 is 16.0 Å². The van der Waals surface area contributed by atoms with Gasteiger partial charge >= 0.3 is 0 Å². The molecule has 0 saturated carbocycles. The number of hydrogen-bond acceptors (Lipinski definition) is 3. The van der Waals surface area contributed by atoms with E-state index in [1.165, 1.54) is 29.5 Å². The van der Waals surface area contributed by atoms with Crippen molar-refractivity contribution in [2.75, 3.05) is 6.54 Å². The second-order valence-corrected chi connectivity index (χ2v) is 9.00. The van der Waals surface area contributed by atoms with Gasteiger partial charge in [-0.3, -0.25) is 4.79 Å². The van der Waals surface area contributed by atoms with Gasteiger partial charge in [-0.25, -0.2) is 0 Å². The van der Waals surface area contributed by atoms with E-state index < -0.39 is 0 Å². The molecule has 0 aromatic heterocycles. The molecule has 1 fully saturated rings. The average molecular weight is 358 g/mol. The lowest BCUT2D eigenvalue weighted by molar-refractivity contribution is -0.122. The highest BCUT2D eigenvalue weighted by Crippen LogP contribution is 2.30. The minimum Gasteiger partial charge on any atom is -0.349 e. The SMILES string of the molecule is CC(C)(C)NCc1ccc2c(c1)CCC[C@H]2NC(=O)C[C@@H]1CCCCN1. The van der Waals surface area contributed by atoms with Crippen molar-refractivity contribution >= 4 is 5.91 Å². The standard InChI is InChI=1S/C22H35N3O/c1-22(2,3)24-15-16-10-11-19-17(13-16)7-6-9-20(19)25-21(26)14-18-8-4-5-12-23-18/h10-11,13,18,20,23-24H,4-9,12,14-15H2,1-3H3,(H,25,26)/t18-,20+/m0/s1. The predicted octanol–water partition coefficient (Wildman–Crippen LogP) is 3.60. The van der Waals surface area contributed by atoms with E-state index in [4.69, 9.17) is 0 Å². The molecule has 2 atom stereocenters. The van der Waals surface area contributed by atoms with Gasteiger partial charge in [0, 0.05) is 24.5 Å². The number of carbonyl (C=O) groups is 1. The third kappa shape index (κ3) is 5.55. The van der Waals surface area contributed by atoms with Crippen LogP contribution in [0.15, 0.2) is 18.2 Å². The Morgan fingerprint density at radius 3 is 2.77 bits per heavy atom. The summed E-state index contributed by atoms with van der Waals surface area (Å²) in [5, 5.41) is 10.3. The molecule has 1 saturated heterocycles. The topological polar surface area (TPSA) is 53.2 Å². The molecule has 1 amide bonds. The molecule has 26 heavy (non-hydrogen) atoms. The molecule has 4 nitrogen and oxygen atoms in total. The number of fused-ring (bicyclic) bond motifs is 1. The van der Waals surface area contributed by atoms with Crippen LogP contribution in [0, 0.1) is 0 Å². The van der Waals surface area contributed by atoms with Crippen LogP contribution in [0.4, 0.5) is 0 Å². The molecule has 1 aliphatic carbocycles. The fourth-order valence-corrected chi connectivity index (χ4v) is 4.07. The molecule has 2 aliphatic rings. The van der Waals surface area contributed by atoms with E-state index in [1.54, 1.807) is 0 Å². The molecule has 3 N–H and O–H groups in total. The first kappa shape index (κ1) is 19.4. The molecular weight excluding hydrogens is 322 g/mol. The van der Waals surface area contributed by atoms with Gasteiger partial charge in [-0.05, 0) is 76.1 Å². The summed E-state index contributed by atoms with van der Waals surface area (Å²) in [6, 6.07) is 7.31. The van der Waals surface area contributed by atoms with Crippen molar-refractivity contribution < 1.29 is 4.79 Å². The largest absolute Gasteiger partial charge is 0.349 e. The van der Waals surface area contributed by atoms with Crippen molar-refractivity contribution in [3.63, 3.8) is 0 Å². The molecule has 1 aromatic rings. The van der Waals surface area contributed by atoms with Crippen molar-refractivity contribution in [3.8, 4) is 0 Å². The summed E-state index contributed by atoms with van der Waals surface area (Å²) in [4.78, 5) is 12.5. The van der Waals surface area contributed by atoms with E-state index in [2.05, 4.69) is 54.9 Å². The fourth-order valence-electron chi connectivity index (χ4n) is 4.07. The molecule has 0 spiro atoms. The van der Waals surface area contributed by atoms with Crippen LogP contribution >= 0.6 is 0 Å². The monoisotopic (exact) mass is 357 g/mol. The number of piperidine rings is 1. The quantitative estimate of drug-likeness (QED) is 0.755. The highest BCUT2D eigenvalue weighted by atomic mass is 16.1. The summed E-state index contributed by atoms with van der Waals surface area (Å²) >= 11 is 0. The number of hydrogen-bond donors (Lipinski definition) is 3. The third-order valence-electron chi connectivity index (χ3n) is 5.52.